The number of allylic oxidation sites excluding steroid dienone is 1. The van der Waals surface area contributed by atoms with Gasteiger partial charge in [-0.05, 0) is 28.7 Å². The Morgan fingerprint density at radius 2 is 1.09 bits per heavy atom. The lowest BCUT2D eigenvalue weighted by Crippen LogP contribution is -2.14. The highest BCUT2D eigenvalue weighted by atomic mass is 14.4. The zero-order chi connectivity index (χ0) is 17.9. The predicted octanol–water partition coefficient (Wildman–Crippen LogP) is 7.63. The van der Waals surface area contributed by atoms with Crippen molar-refractivity contribution >= 4 is 0 Å². The Kier molecular flexibility index (Phi) is 9.97. The van der Waals surface area contributed by atoms with Crippen molar-refractivity contribution in [1.29, 1.82) is 0 Å². The Labute approximate surface area is 144 Å². The average Bonchev–Trinajstić information content (AvgIpc) is 2.87. The van der Waals surface area contributed by atoms with Gasteiger partial charge in [0.1, 0.15) is 0 Å². The van der Waals surface area contributed by atoms with Gasteiger partial charge in [-0.1, -0.05) is 103 Å². The Bertz CT molecular complexity index is 529. The summed E-state index contributed by atoms with van der Waals surface area (Å²) in [5.74, 6) is 0. The first-order chi connectivity index (χ1) is 11.1. The molecule has 0 aliphatic heterocycles. The molecule has 2 aromatic rings. The summed E-state index contributed by atoms with van der Waals surface area (Å²) >= 11 is 0. The van der Waals surface area contributed by atoms with E-state index in [2.05, 4.69) is 75.9 Å². The molecule has 23 heavy (non-hydrogen) atoms. The van der Waals surface area contributed by atoms with Crippen LogP contribution in [0.1, 0.15) is 66.0 Å². The van der Waals surface area contributed by atoms with Gasteiger partial charge < -0.3 is 0 Å². The molecule has 0 radical (unpaired) electrons. The third kappa shape index (κ3) is 4.82. The van der Waals surface area contributed by atoms with Crippen LogP contribution in [0.2, 0.25) is 0 Å². The topological polar surface area (TPSA) is 0 Å². The fraction of sp³-hybridized carbons (Fsp3) is 0.391. The van der Waals surface area contributed by atoms with Crippen molar-refractivity contribution in [3.63, 3.8) is 0 Å². The zero-order valence-corrected chi connectivity index (χ0v) is 16.1. The van der Waals surface area contributed by atoms with Gasteiger partial charge in [-0.25, -0.2) is 0 Å². The molecule has 0 aromatic heterocycles. The molecule has 0 saturated heterocycles. The van der Waals surface area contributed by atoms with Gasteiger partial charge in [-0.3, -0.25) is 0 Å². The summed E-state index contributed by atoms with van der Waals surface area (Å²) in [5, 5.41) is 0. The lowest BCUT2D eigenvalue weighted by atomic mass is 9.82. The van der Waals surface area contributed by atoms with E-state index < -0.39 is 0 Å². The minimum absolute atomic E-state index is 0.160. The fourth-order valence-corrected chi connectivity index (χ4v) is 2.67. The Hall–Kier alpha value is -1.82. The van der Waals surface area contributed by atoms with Crippen molar-refractivity contribution < 1.29 is 0 Å². The summed E-state index contributed by atoms with van der Waals surface area (Å²) in [4.78, 5) is 0. The second-order valence-corrected chi connectivity index (χ2v) is 5.41. The molecule has 1 aliphatic carbocycles. The van der Waals surface area contributed by atoms with Crippen molar-refractivity contribution in [3.8, 4) is 11.1 Å². The van der Waals surface area contributed by atoms with Crippen LogP contribution in [0.15, 0.2) is 61.2 Å². The molecular weight excluding hydrogens is 276 g/mol. The smallest absolute Gasteiger partial charge is 0.0158 e. The summed E-state index contributed by atoms with van der Waals surface area (Å²) in [5.41, 5.74) is 5.86. The lowest BCUT2D eigenvalue weighted by Gasteiger charge is -2.20. The third-order valence-electron chi connectivity index (χ3n) is 3.78. The molecule has 0 heteroatoms. The van der Waals surface area contributed by atoms with Crippen molar-refractivity contribution in [1.82, 2.24) is 0 Å². The molecular formula is C23H34. The van der Waals surface area contributed by atoms with Gasteiger partial charge in [0, 0.05) is 5.41 Å². The molecule has 0 unspecified atom stereocenters. The summed E-state index contributed by atoms with van der Waals surface area (Å²) in [6.45, 7) is 18.1. The molecule has 3 rings (SSSR count). The monoisotopic (exact) mass is 310 g/mol. The highest BCUT2D eigenvalue weighted by molar-refractivity contribution is 5.80. The third-order valence-corrected chi connectivity index (χ3v) is 3.78. The molecule has 2 aromatic carbocycles. The van der Waals surface area contributed by atoms with Gasteiger partial charge in [0.2, 0.25) is 0 Å². The number of hydrogen-bond acceptors (Lipinski definition) is 0. The zero-order valence-electron chi connectivity index (χ0n) is 16.1. The molecule has 126 valence electrons. The van der Waals surface area contributed by atoms with Crippen LogP contribution in [0.3, 0.4) is 0 Å². The van der Waals surface area contributed by atoms with Crippen LogP contribution in [0.5, 0.6) is 0 Å². The van der Waals surface area contributed by atoms with Gasteiger partial charge in [0.15, 0.2) is 0 Å². The molecule has 0 N–H and O–H groups in total. The normalized spacial score (nSPS) is 12.0. The summed E-state index contributed by atoms with van der Waals surface area (Å²) in [6.07, 6.45) is 2.96. The van der Waals surface area contributed by atoms with E-state index in [4.69, 9.17) is 0 Å². The summed E-state index contributed by atoms with van der Waals surface area (Å²) in [6, 6.07) is 17.4. The van der Waals surface area contributed by atoms with E-state index >= 15 is 0 Å². The number of rotatable bonds is 1. The van der Waals surface area contributed by atoms with E-state index in [1.54, 1.807) is 0 Å². The molecule has 0 amide bonds. The van der Waals surface area contributed by atoms with Crippen LogP contribution in [-0.2, 0) is 5.41 Å². The van der Waals surface area contributed by atoms with Crippen molar-refractivity contribution in [2.75, 3.05) is 0 Å². The average molecular weight is 311 g/mol. The maximum atomic E-state index is 3.48. The van der Waals surface area contributed by atoms with E-state index in [-0.39, 0.29) is 5.41 Å². The first-order valence-corrected chi connectivity index (χ1v) is 8.93. The van der Waals surface area contributed by atoms with Crippen molar-refractivity contribution in [2.45, 2.75) is 60.3 Å². The van der Waals surface area contributed by atoms with E-state index in [0.29, 0.717) is 0 Å². The first kappa shape index (κ1) is 21.2. The van der Waals surface area contributed by atoms with E-state index in [1.165, 1.54) is 22.3 Å². The quantitative estimate of drug-likeness (QED) is 0.475. The highest BCUT2D eigenvalue weighted by Crippen LogP contribution is 2.47. The largest absolute Gasteiger partial charge is 0.103 e. The first-order valence-electron chi connectivity index (χ1n) is 8.93. The fourth-order valence-electron chi connectivity index (χ4n) is 2.67. The maximum absolute atomic E-state index is 3.48. The van der Waals surface area contributed by atoms with E-state index in [9.17, 15) is 0 Å². The van der Waals surface area contributed by atoms with Crippen LogP contribution in [0, 0.1) is 0 Å². The highest BCUT2D eigenvalue weighted by Gasteiger charge is 2.34. The van der Waals surface area contributed by atoms with Crippen LogP contribution in [0.25, 0.3) is 11.1 Å². The minimum atomic E-state index is 0.160. The van der Waals surface area contributed by atoms with Gasteiger partial charge in [-0.15, -0.1) is 6.58 Å². The Morgan fingerprint density at radius 1 is 0.783 bits per heavy atom. The number of fused-ring (bicyclic) bond motifs is 3. The van der Waals surface area contributed by atoms with E-state index in [0.717, 1.165) is 6.42 Å². The molecule has 0 spiro atoms. The van der Waals surface area contributed by atoms with Crippen LogP contribution >= 0.6 is 0 Å². The molecule has 0 fully saturated rings. The SMILES string of the molecule is C=CCC.CC.CC.CC1(C)c2ccccc2-c2ccccc21. The molecule has 0 atom stereocenters. The van der Waals surface area contributed by atoms with Crippen molar-refractivity contribution in [2.24, 2.45) is 0 Å². The standard InChI is InChI=1S/C15H14.C4H8.2C2H6/c1-15(2)13-9-5-3-7-11(13)12-8-4-6-10-14(12)15;1-3-4-2;2*1-2/h3-10H,1-2H3;3H,1,4H2,2H3;2*1-2H3. The van der Waals surface area contributed by atoms with Crippen LogP contribution in [-0.4, -0.2) is 0 Å². The Morgan fingerprint density at radius 3 is 1.39 bits per heavy atom. The molecule has 1 aliphatic rings. The number of benzene rings is 2. The van der Waals surface area contributed by atoms with Gasteiger partial charge >= 0.3 is 0 Å². The van der Waals surface area contributed by atoms with Crippen LogP contribution < -0.4 is 0 Å². The summed E-state index contributed by atoms with van der Waals surface area (Å²) < 4.78 is 0. The second kappa shape index (κ2) is 10.8. The maximum Gasteiger partial charge on any atom is 0.0158 e. The van der Waals surface area contributed by atoms with Gasteiger partial charge in [0.25, 0.3) is 0 Å². The van der Waals surface area contributed by atoms with Gasteiger partial charge in [-0.2, -0.15) is 0 Å². The lowest BCUT2D eigenvalue weighted by molar-refractivity contribution is 0.660. The Balaban J connectivity index is 0.000000523. The van der Waals surface area contributed by atoms with Crippen molar-refractivity contribution in [3.05, 3.63) is 72.3 Å². The predicted molar refractivity (Wildman–Crippen MR) is 107 cm³/mol. The molecule has 0 heterocycles. The van der Waals surface area contributed by atoms with Crippen LogP contribution in [0.4, 0.5) is 0 Å². The molecule has 0 bridgehead atoms. The molecule has 0 saturated carbocycles. The summed E-state index contributed by atoms with van der Waals surface area (Å²) in [7, 11) is 0. The second-order valence-electron chi connectivity index (χ2n) is 5.41. The molecule has 0 nitrogen and oxygen atoms in total. The van der Waals surface area contributed by atoms with E-state index in [1.807, 2.05) is 33.8 Å². The number of hydrogen-bond donors (Lipinski definition) is 0. The van der Waals surface area contributed by atoms with Gasteiger partial charge in [0.05, 0.1) is 0 Å². The minimum Gasteiger partial charge on any atom is -0.103 e.